The molecular weight excluding hydrogens is 538 g/mol. The molecule has 0 radical (unpaired) electrons. The Morgan fingerprint density at radius 2 is 1.53 bits per heavy atom. The van der Waals surface area contributed by atoms with Crippen molar-refractivity contribution < 1.29 is 23.8 Å². The summed E-state index contributed by atoms with van der Waals surface area (Å²) in [4.78, 5) is 28.3. The second-order valence-electron chi connectivity index (χ2n) is 11.7. The third kappa shape index (κ3) is 5.85. The van der Waals surface area contributed by atoms with Crippen LogP contribution >= 0.6 is 0 Å². The monoisotopic (exact) mass is 579 g/mol. The number of piperidine rings is 1. The lowest BCUT2D eigenvalue weighted by molar-refractivity contribution is -0.119. The Balaban J connectivity index is 1.21. The van der Waals surface area contributed by atoms with Gasteiger partial charge < -0.3 is 14.2 Å². The lowest BCUT2D eigenvalue weighted by atomic mass is 9.71. The van der Waals surface area contributed by atoms with Gasteiger partial charge >= 0.3 is 5.97 Å². The number of benzene rings is 4. The number of carbonyl (C=O) groups is 2. The molecule has 2 aliphatic rings. The fraction of sp³-hybridized carbons (Fsp3) is 0.405. The molecule has 6 rings (SSSR count). The third-order valence-corrected chi connectivity index (χ3v) is 9.11. The molecule has 4 aromatic rings. The van der Waals surface area contributed by atoms with Gasteiger partial charge in [-0.15, -0.1) is 0 Å². The van der Waals surface area contributed by atoms with Crippen LogP contribution in [0.1, 0.15) is 73.0 Å². The molecule has 1 heterocycles. The van der Waals surface area contributed by atoms with Crippen molar-refractivity contribution in [1.82, 2.24) is 4.90 Å². The highest BCUT2D eigenvalue weighted by molar-refractivity contribution is 6.09. The molecule has 1 saturated heterocycles. The van der Waals surface area contributed by atoms with Crippen LogP contribution in [0.5, 0.6) is 11.5 Å². The Morgan fingerprint density at radius 3 is 2.23 bits per heavy atom. The van der Waals surface area contributed by atoms with E-state index in [2.05, 4.69) is 53.4 Å². The van der Waals surface area contributed by atoms with Gasteiger partial charge in [0.1, 0.15) is 22.8 Å². The molecular formula is C37H41NO5. The van der Waals surface area contributed by atoms with Crippen LogP contribution in [0, 0.1) is 5.92 Å². The van der Waals surface area contributed by atoms with E-state index in [0.717, 1.165) is 38.0 Å². The predicted octanol–water partition coefficient (Wildman–Crippen LogP) is 7.48. The van der Waals surface area contributed by atoms with Gasteiger partial charge in [0.05, 0.1) is 19.8 Å². The van der Waals surface area contributed by atoms with Gasteiger partial charge in [-0.1, -0.05) is 48.5 Å². The Morgan fingerprint density at radius 1 is 0.837 bits per heavy atom. The molecule has 0 bridgehead atoms. The first-order valence-corrected chi connectivity index (χ1v) is 15.8. The Hall–Kier alpha value is -3.90. The minimum atomic E-state index is -0.426. The number of esters is 1. The van der Waals surface area contributed by atoms with Gasteiger partial charge in [-0.2, -0.15) is 0 Å². The van der Waals surface area contributed by atoms with E-state index in [0.29, 0.717) is 54.8 Å². The van der Waals surface area contributed by atoms with Crippen molar-refractivity contribution in [2.24, 2.45) is 5.92 Å². The maximum absolute atomic E-state index is 13.1. The van der Waals surface area contributed by atoms with E-state index >= 15 is 0 Å². The lowest BCUT2D eigenvalue weighted by Crippen LogP contribution is -2.36. The number of Topliss-reactive ketones (excluding diaryl/α,β-unsaturated/α-hetero) is 1. The third-order valence-electron chi connectivity index (χ3n) is 9.11. The van der Waals surface area contributed by atoms with E-state index in [1.165, 1.54) is 32.7 Å². The summed E-state index contributed by atoms with van der Waals surface area (Å²) in [5, 5.41) is 4.96. The molecule has 1 aliphatic heterocycles. The van der Waals surface area contributed by atoms with Gasteiger partial charge in [-0.3, -0.25) is 9.69 Å². The molecule has 4 aromatic carbocycles. The maximum Gasteiger partial charge on any atom is 0.345 e. The highest BCUT2D eigenvalue weighted by Crippen LogP contribution is 2.43. The van der Waals surface area contributed by atoms with Gasteiger partial charge in [0.25, 0.3) is 0 Å². The van der Waals surface area contributed by atoms with Crippen LogP contribution in [0.2, 0.25) is 0 Å². The van der Waals surface area contributed by atoms with E-state index in [4.69, 9.17) is 14.2 Å². The number of fused-ring (bicyclic) bond motifs is 5. The Bertz CT molecular complexity index is 1630. The van der Waals surface area contributed by atoms with Crippen LogP contribution in [0.3, 0.4) is 0 Å². The molecule has 1 fully saturated rings. The summed E-state index contributed by atoms with van der Waals surface area (Å²) in [6.45, 7) is 9.44. The number of hydrogen-bond acceptors (Lipinski definition) is 6. The van der Waals surface area contributed by atoms with Gasteiger partial charge in [-0.05, 0) is 109 Å². The molecule has 1 unspecified atom stereocenters. The summed E-state index contributed by atoms with van der Waals surface area (Å²) in [5.41, 5.74) is 4.02. The van der Waals surface area contributed by atoms with Crippen molar-refractivity contribution in [1.29, 1.82) is 0 Å². The van der Waals surface area contributed by atoms with Gasteiger partial charge in [0, 0.05) is 19.4 Å². The highest BCUT2D eigenvalue weighted by Gasteiger charge is 2.34. The molecule has 43 heavy (non-hydrogen) atoms. The van der Waals surface area contributed by atoms with Crippen molar-refractivity contribution in [2.75, 3.05) is 32.9 Å². The number of ketones is 1. The first-order chi connectivity index (χ1) is 21.0. The molecule has 0 saturated carbocycles. The topological polar surface area (TPSA) is 65.1 Å². The fourth-order valence-corrected chi connectivity index (χ4v) is 7.21. The average molecular weight is 580 g/mol. The Kier molecular flexibility index (Phi) is 8.66. The maximum atomic E-state index is 13.1. The molecule has 0 spiro atoms. The van der Waals surface area contributed by atoms with Crippen LogP contribution in [0.15, 0.2) is 60.7 Å². The highest BCUT2D eigenvalue weighted by atomic mass is 16.5. The average Bonchev–Trinajstić information content (AvgIpc) is 3.01. The van der Waals surface area contributed by atoms with Crippen molar-refractivity contribution in [3.8, 4) is 11.5 Å². The molecule has 0 N–H and O–H groups in total. The van der Waals surface area contributed by atoms with Crippen LogP contribution in [-0.4, -0.2) is 49.6 Å². The minimum Gasteiger partial charge on any atom is -0.493 e. The molecule has 0 aromatic heterocycles. The number of likely N-dealkylation sites (tertiary alicyclic amines) is 1. The van der Waals surface area contributed by atoms with Crippen molar-refractivity contribution in [3.05, 3.63) is 82.9 Å². The summed E-state index contributed by atoms with van der Waals surface area (Å²) >= 11 is 0. The summed E-state index contributed by atoms with van der Waals surface area (Å²) in [6, 6.07) is 21.4. The first-order valence-electron chi connectivity index (χ1n) is 15.8. The summed E-state index contributed by atoms with van der Waals surface area (Å²) < 4.78 is 17.1. The minimum absolute atomic E-state index is 0.271. The van der Waals surface area contributed by atoms with E-state index < -0.39 is 5.97 Å². The summed E-state index contributed by atoms with van der Waals surface area (Å²) in [6.07, 6.45) is 3.27. The zero-order chi connectivity index (χ0) is 29.9. The fourth-order valence-electron chi connectivity index (χ4n) is 7.21. The quantitative estimate of drug-likeness (QED) is 0.151. The Labute approximate surface area is 253 Å². The second kappa shape index (κ2) is 12.8. The molecule has 0 amide bonds. The molecule has 1 aliphatic carbocycles. The first kappa shape index (κ1) is 29.2. The van der Waals surface area contributed by atoms with Gasteiger partial charge in [0.15, 0.2) is 0 Å². The van der Waals surface area contributed by atoms with E-state index in [9.17, 15) is 9.59 Å². The van der Waals surface area contributed by atoms with Gasteiger partial charge in [-0.25, -0.2) is 4.79 Å². The number of carbonyl (C=O) groups excluding carboxylic acids is 2. The van der Waals surface area contributed by atoms with E-state index in [-0.39, 0.29) is 12.5 Å². The van der Waals surface area contributed by atoms with Crippen LogP contribution in [0.4, 0.5) is 0 Å². The summed E-state index contributed by atoms with van der Waals surface area (Å²) in [7, 11) is 0. The molecule has 6 heteroatoms. The molecule has 6 nitrogen and oxygen atoms in total. The second-order valence-corrected chi connectivity index (χ2v) is 11.7. The van der Waals surface area contributed by atoms with Crippen molar-refractivity contribution in [3.63, 3.8) is 0 Å². The zero-order valence-corrected chi connectivity index (χ0v) is 25.5. The van der Waals surface area contributed by atoms with Crippen LogP contribution in [-0.2, 0) is 22.5 Å². The molecule has 1 atom stereocenters. The van der Waals surface area contributed by atoms with Crippen LogP contribution < -0.4 is 9.47 Å². The predicted molar refractivity (Wildman–Crippen MR) is 170 cm³/mol. The summed E-state index contributed by atoms with van der Waals surface area (Å²) in [5.74, 6) is 1.69. The largest absolute Gasteiger partial charge is 0.493 e. The smallest absolute Gasteiger partial charge is 0.345 e. The lowest BCUT2D eigenvalue weighted by Gasteiger charge is -2.38. The number of rotatable bonds is 9. The SMILES string of the molecule is CCOC(=O)c1c(OCC)cc(CN2CCC(C3CC(=O)Cc4c3ccc3c4ccc4ccccc43)CC2)cc1OCC. The van der Waals surface area contributed by atoms with E-state index in [1.54, 1.807) is 6.92 Å². The van der Waals surface area contributed by atoms with E-state index in [1.807, 2.05) is 26.0 Å². The molecule has 224 valence electrons. The van der Waals surface area contributed by atoms with Crippen LogP contribution in [0.25, 0.3) is 21.5 Å². The number of ether oxygens (including phenoxy) is 3. The van der Waals surface area contributed by atoms with Crippen molar-refractivity contribution in [2.45, 2.75) is 58.9 Å². The normalized spacial score (nSPS) is 17.7. The number of nitrogens with zero attached hydrogens (tertiary/aromatic N) is 1. The standard InChI is InChI=1S/C37H41NO5/c1-4-41-34-19-24(20-35(42-5-2)36(34)37(40)43-6-3)23-38-17-15-26(16-18-38)32-21-27(39)22-33-30-12-11-25-9-7-8-10-28(25)29(30)13-14-31(32)33/h7-14,19-20,26,32H,4-6,15-18,21-23H2,1-3H3. The van der Waals surface area contributed by atoms with Gasteiger partial charge in [0.2, 0.25) is 0 Å². The number of hydrogen-bond donors (Lipinski definition) is 0. The van der Waals surface area contributed by atoms with Crippen molar-refractivity contribution >= 4 is 33.3 Å². The zero-order valence-electron chi connectivity index (χ0n) is 25.5.